The maximum absolute atomic E-state index is 12.3. The number of carbonyl (C=O) groups is 1. The van der Waals surface area contributed by atoms with Gasteiger partial charge in [0.25, 0.3) is 0 Å². The Bertz CT molecular complexity index is 724. The second-order valence-electron chi connectivity index (χ2n) is 6.50. The SMILES string of the molecule is Cc1cc(CN2CCSCC2)ccc1NC(=O)Cc1ccc(N)cc1. The van der Waals surface area contributed by atoms with Crippen molar-refractivity contribution in [1.82, 2.24) is 4.90 Å². The van der Waals surface area contributed by atoms with E-state index in [1.54, 1.807) is 0 Å². The van der Waals surface area contributed by atoms with Gasteiger partial charge in [0.2, 0.25) is 5.91 Å². The lowest BCUT2D eigenvalue weighted by atomic mass is 10.1. The number of thioether (sulfide) groups is 1. The van der Waals surface area contributed by atoms with Crippen LogP contribution in [0.2, 0.25) is 0 Å². The number of anilines is 2. The zero-order chi connectivity index (χ0) is 17.6. The molecule has 3 N–H and O–H groups in total. The van der Waals surface area contributed by atoms with Crippen molar-refractivity contribution in [3.05, 3.63) is 59.2 Å². The van der Waals surface area contributed by atoms with Gasteiger partial charge in [0.05, 0.1) is 6.42 Å². The number of nitrogens with one attached hydrogen (secondary N) is 1. The molecule has 2 aromatic rings. The molecule has 1 amide bonds. The van der Waals surface area contributed by atoms with E-state index in [0.717, 1.165) is 36.4 Å². The molecule has 0 atom stereocenters. The summed E-state index contributed by atoms with van der Waals surface area (Å²) < 4.78 is 0. The second-order valence-corrected chi connectivity index (χ2v) is 7.73. The molecule has 5 heteroatoms. The largest absolute Gasteiger partial charge is 0.399 e. The summed E-state index contributed by atoms with van der Waals surface area (Å²) in [6.07, 6.45) is 0.354. The van der Waals surface area contributed by atoms with E-state index in [-0.39, 0.29) is 5.91 Å². The lowest BCUT2D eigenvalue weighted by Crippen LogP contribution is -2.31. The smallest absolute Gasteiger partial charge is 0.228 e. The van der Waals surface area contributed by atoms with E-state index >= 15 is 0 Å². The molecule has 1 fully saturated rings. The van der Waals surface area contributed by atoms with Gasteiger partial charge < -0.3 is 11.1 Å². The van der Waals surface area contributed by atoms with Crippen LogP contribution in [0, 0.1) is 6.92 Å². The third kappa shape index (κ3) is 5.25. The number of rotatable bonds is 5. The average Bonchev–Trinajstić information content (AvgIpc) is 2.60. The number of benzene rings is 2. The van der Waals surface area contributed by atoms with Crippen LogP contribution in [-0.4, -0.2) is 35.4 Å². The van der Waals surface area contributed by atoms with E-state index in [1.165, 1.54) is 17.1 Å². The molecule has 4 nitrogen and oxygen atoms in total. The maximum Gasteiger partial charge on any atom is 0.228 e. The summed E-state index contributed by atoms with van der Waals surface area (Å²) in [5, 5.41) is 3.02. The molecule has 132 valence electrons. The van der Waals surface area contributed by atoms with Crippen LogP contribution in [-0.2, 0) is 17.8 Å². The van der Waals surface area contributed by atoms with Gasteiger partial charge in [-0.1, -0.05) is 24.3 Å². The number of nitrogens with two attached hydrogens (primary N) is 1. The lowest BCUT2D eigenvalue weighted by molar-refractivity contribution is -0.115. The van der Waals surface area contributed by atoms with Gasteiger partial charge in [0, 0.05) is 42.5 Å². The quantitative estimate of drug-likeness (QED) is 0.808. The summed E-state index contributed by atoms with van der Waals surface area (Å²) in [4.78, 5) is 14.8. The first-order valence-corrected chi connectivity index (χ1v) is 9.79. The van der Waals surface area contributed by atoms with Crippen LogP contribution >= 0.6 is 11.8 Å². The summed E-state index contributed by atoms with van der Waals surface area (Å²) >= 11 is 2.03. The monoisotopic (exact) mass is 355 g/mol. The fourth-order valence-corrected chi connectivity index (χ4v) is 3.98. The molecule has 1 saturated heterocycles. The molecule has 0 spiro atoms. The maximum atomic E-state index is 12.3. The molecule has 0 bridgehead atoms. The molecule has 1 aliphatic heterocycles. The predicted molar refractivity (Wildman–Crippen MR) is 107 cm³/mol. The number of nitrogen functional groups attached to an aromatic ring is 1. The van der Waals surface area contributed by atoms with Crippen molar-refractivity contribution < 1.29 is 4.79 Å². The minimum atomic E-state index is -0.00585. The molecule has 25 heavy (non-hydrogen) atoms. The van der Waals surface area contributed by atoms with Crippen molar-refractivity contribution in [2.24, 2.45) is 0 Å². The van der Waals surface area contributed by atoms with Gasteiger partial charge in [0.1, 0.15) is 0 Å². The van der Waals surface area contributed by atoms with E-state index in [1.807, 2.05) is 49.0 Å². The molecule has 0 aliphatic carbocycles. The number of carbonyl (C=O) groups excluding carboxylic acids is 1. The third-order valence-electron chi connectivity index (χ3n) is 4.42. The molecule has 0 saturated carbocycles. The van der Waals surface area contributed by atoms with Gasteiger partial charge in [-0.3, -0.25) is 9.69 Å². The van der Waals surface area contributed by atoms with E-state index in [2.05, 4.69) is 22.3 Å². The Morgan fingerprint density at radius 1 is 1.12 bits per heavy atom. The van der Waals surface area contributed by atoms with Crippen LogP contribution in [0.5, 0.6) is 0 Å². The zero-order valence-corrected chi connectivity index (χ0v) is 15.4. The standard InChI is InChI=1S/C20H25N3OS/c1-15-12-17(14-23-8-10-25-11-9-23)4-7-19(15)22-20(24)13-16-2-5-18(21)6-3-16/h2-7,12H,8-11,13-14,21H2,1H3,(H,22,24). The Morgan fingerprint density at radius 3 is 2.48 bits per heavy atom. The number of hydrogen-bond acceptors (Lipinski definition) is 4. The Morgan fingerprint density at radius 2 is 1.80 bits per heavy atom. The number of hydrogen-bond donors (Lipinski definition) is 2. The molecular weight excluding hydrogens is 330 g/mol. The second kappa shape index (κ2) is 8.41. The van der Waals surface area contributed by atoms with E-state index < -0.39 is 0 Å². The lowest BCUT2D eigenvalue weighted by Gasteiger charge is -2.26. The minimum Gasteiger partial charge on any atom is -0.399 e. The molecule has 0 unspecified atom stereocenters. The number of aryl methyl sites for hydroxylation is 1. The van der Waals surface area contributed by atoms with E-state index in [4.69, 9.17) is 5.73 Å². The van der Waals surface area contributed by atoms with Crippen molar-refractivity contribution in [3.8, 4) is 0 Å². The van der Waals surface area contributed by atoms with Crippen LogP contribution in [0.4, 0.5) is 11.4 Å². The van der Waals surface area contributed by atoms with Gasteiger partial charge >= 0.3 is 0 Å². The highest BCUT2D eigenvalue weighted by molar-refractivity contribution is 7.99. The van der Waals surface area contributed by atoms with Crippen LogP contribution in [0.3, 0.4) is 0 Å². The third-order valence-corrected chi connectivity index (χ3v) is 5.36. The summed E-state index contributed by atoms with van der Waals surface area (Å²) in [6.45, 7) is 5.35. The minimum absolute atomic E-state index is 0.00585. The van der Waals surface area contributed by atoms with Crippen LogP contribution in [0.25, 0.3) is 0 Å². The molecule has 1 heterocycles. The Labute approximate surface area is 153 Å². The van der Waals surface area contributed by atoms with Crippen LogP contribution in [0.1, 0.15) is 16.7 Å². The normalized spacial score (nSPS) is 15.1. The van der Waals surface area contributed by atoms with Gasteiger partial charge in [0.15, 0.2) is 0 Å². The van der Waals surface area contributed by atoms with Crippen molar-refractivity contribution in [2.45, 2.75) is 19.9 Å². The molecule has 2 aromatic carbocycles. The topological polar surface area (TPSA) is 58.4 Å². The van der Waals surface area contributed by atoms with Gasteiger partial charge in [-0.2, -0.15) is 11.8 Å². The Kier molecular flexibility index (Phi) is 6.00. The highest BCUT2D eigenvalue weighted by Gasteiger charge is 2.12. The predicted octanol–water partition coefficient (Wildman–Crippen LogP) is 3.31. The van der Waals surface area contributed by atoms with E-state index in [0.29, 0.717) is 12.1 Å². The van der Waals surface area contributed by atoms with Crippen LogP contribution in [0.15, 0.2) is 42.5 Å². The summed E-state index contributed by atoms with van der Waals surface area (Å²) in [6, 6.07) is 13.7. The van der Waals surface area contributed by atoms with Crippen molar-refractivity contribution in [3.63, 3.8) is 0 Å². The summed E-state index contributed by atoms with van der Waals surface area (Å²) in [5.41, 5.74) is 10.6. The number of nitrogens with zero attached hydrogens (tertiary/aromatic N) is 1. The van der Waals surface area contributed by atoms with Crippen molar-refractivity contribution in [2.75, 3.05) is 35.6 Å². The fraction of sp³-hybridized carbons (Fsp3) is 0.350. The first-order chi connectivity index (χ1) is 12.1. The Hall–Kier alpha value is -1.98. The number of amides is 1. The average molecular weight is 356 g/mol. The molecule has 3 rings (SSSR count). The molecule has 0 radical (unpaired) electrons. The molecular formula is C20H25N3OS. The van der Waals surface area contributed by atoms with Gasteiger partial charge in [-0.25, -0.2) is 0 Å². The molecule has 1 aliphatic rings. The first-order valence-electron chi connectivity index (χ1n) is 8.64. The first kappa shape index (κ1) is 17.8. The van der Waals surface area contributed by atoms with Gasteiger partial charge in [-0.15, -0.1) is 0 Å². The van der Waals surface area contributed by atoms with Gasteiger partial charge in [-0.05, 0) is 41.8 Å². The summed E-state index contributed by atoms with van der Waals surface area (Å²) in [7, 11) is 0. The molecule has 0 aromatic heterocycles. The Balaban J connectivity index is 1.58. The van der Waals surface area contributed by atoms with Crippen LogP contribution < -0.4 is 11.1 Å². The fourth-order valence-electron chi connectivity index (χ4n) is 3.00. The highest BCUT2D eigenvalue weighted by atomic mass is 32.2. The van der Waals surface area contributed by atoms with E-state index in [9.17, 15) is 4.79 Å². The van der Waals surface area contributed by atoms with Crippen molar-refractivity contribution in [1.29, 1.82) is 0 Å². The highest BCUT2D eigenvalue weighted by Crippen LogP contribution is 2.19. The summed E-state index contributed by atoms with van der Waals surface area (Å²) in [5.74, 6) is 2.44. The van der Waals surface area contributed by atoms with Crippen molar-refractivity contribution >= 4 is 29.0 Å². The zero-order valence-electron chi connectivity index (χ0n) is 14.6.